The Kier molecular flexibility index (Phi) is 3.84. The van der Waals surface area contributed by atoms with Gasteiger partial charge in [0.1, 0.15) is 5.69 Å². The van der Waals surface area contributed by atoms with Crippen molar-refractivity contribution in [3.05, 3.63) is 75.7 Å². The van der Waals surface area contributed by atoms with E-state index in [1.165, 1.54) is 0 Å². The molecule has 1 aromatic heterocycles. The fraction of sp³-hybridized carbons (Fsp3) is 0.250. The highest BCUT2D eigenvalue weighted by Gasteiger charge is 2.23. The molecule has 1 N–H and O–H groups in total. The normalized spacial score (nSPS) is 13.8. The molecule has 0 radical (unpaired) electrons. The fourth-order valence-electron chi connectivity index (χ4n) is 2.92. The highest BCUT2D eigenvalue weighted by molar-refractivity contribution is 5.94. The first kappa shape index (κ1) is 15.6. The van der Waals surface area contributed by atoms with Gasteiger partial charge in [-0.3, -0.25) is 9.59 Å². The Hall–Kier alpha value is -2.95. The number of amides is 1. The number of benzene rings is 2. The molecule has 0 saturated heterocycles. The molecule has 2 aromatic carbocycles. The van der Waals surface area contributed by atoms with Crippen LogP contribution in [0.4, 0.5) is 0 Å². The second kappa shape index (κ2) is 6.16. The SMILES string of the molecule is Cc1nc2ccccc2n(Cc2ccc(C(=O)NC3CC3)cc2)c1=O. The molecule has 0 unspecified atom stereocenters. The second-order valence-electron chi connectivity index (χ2n) is 6.52. The molecule has 1 heterocycles. The maximum atomic E-state index is 12.5. The molecule has 3 aromatic rings. The van der Waals surface area contributed by atoms with E-state index in [9.17, 15) is 9.59 Å². The molecule has 0 atom stereocenters. The molecule has 1 amide bonds. The molecule has 25 heavy (non-hydrogen) atoms. The van der Waals surface area contributed by atoms with Crippen molar-refractivity contribution < 1.29 is 4.79 Å². The molecule has 5 nitrogen and oxygen atoms in total. The van der Waals surface area contributed by atoms with Crippen LogP contribution in [0.15, 0.2) is 53.3 Å². The molecule has 1 saturated carbocycles. The van der Waals surface area contributed by atoms with Gasteiger partial charge in [0, 0.05) is 11.6 Å². The minimum Gasteiger partial charge on any atom is -0.349 e. The summed E-state index contributed by atoms with van der Waals surface area (Å²) in [6.07, 6.45) is 2.14. The molecule has 5 heteroatoms. The van der Waals surface area contributed by atoms with Crippen LogP contribution in [0, 0.1) is 6.92 Å². The van der Waals surface area contributed by atoms with Gasteiger partial charge in [0.25, 0.3) is 11.5 Å². The first-order chi connectivity index (χ1) is 12.1. The van der Waals surface area contributed by atoms with E-state index in [1.807, 2.05) is 48.5 Å². The molecule has 1 aliphatic carbocycles. The quantitative estimate of drug-likeness (QED) is 0.798. The number of nitrogens with one attached hydrogen (secondary N) is 1. The van der Waals surface area contributed by atoms with E-state index >= 15 is 0 Å². The number of hydrogen-bond acceptors (Lipinski definition) is 3. The Labute approximate surface area is 145 Å². The summed E-state index contributed by atoms with van der Waals surface area (Å²) in [5, 5.41) is 2.98. The number of aromatic nitrogens is 2. The van der Waals surface area contributed by atoms with Crippen molar-refractivity contribution >= 4 is 16.9 Å². The van der Waals surface area contributed by atoms with Gasteiger partial charge < -0.3 is 9.88 Å². The highest BCUT2D eigenvalue weighted by Crippen LogP contribution is 2.19. The van der Waals surface area contributed by atoms with Gasteiger partial charge in [0.15, 0.2) is 0 Å². The van der Waals surface area contributed by atoms with Crippen LogP contribution >= 0.6 is 0 Å². The predicted molar refractivity (Wildman–Crippen MR) is 96.8 cm³/mol. The topological polar surface area (TPSA) is 64.0 Å². The maximum Gasteiger partial charge on any atom is 0.272 e. The molecular formula is C20H19N3O2. The minimum atomic E-state index is -0.0887. The molecule has 1 fully saturated rings. The van der Waals surface area contributed by atoms with Crippen molar-refractivity contribution in [3.8, 4) is 0 Å². The largest absolute Gasteiger partial charge is 0.349 e. The van der Waals surface area contributed by atoms with Crippen molar-refractivity contribution in [1.82, 2.24) is 14.9 Å². The van der Waals surface area contributed by atoms with Crippen molar-refractivity contribution in [2.45, 2.75) is 32.4 Å². The summed E-state index contributed by atoms with van der Waals surface area (Å²) in [6.45, 7) is 2.18. The van der Waals surface area contributed by atoms with Crippen LogP contribution in [-0.4, -0.2) is 21.5 Å². The van der Waals surface area contributed by atoms with Crippen LogP contribution in [0.1, 0.15) is 34.5 Å². The average Bonchev–Trinajstić information content (AvgIpc) is 3.43. The fourth-order valence-corrected chi connectivity index (χ4v) is 2.92. The lowest BCUT2D eigenvalue weighted by molar-refractivity contribution is 0.0951. The third-order valence-electron chi connectivity index (χ3n) is 4.48. The van der Waals surface area contributed by atoms with Crippen molar-refractivity contribution in [2.24, 2.45) is 0 Å². The van der Waals surface area contributed by atoms with Gasteiger partial charge in [-0.2, -0.15) is 0 Å². The number of aryl methyl sites for hydroxylation is 1. The Bertz CT molecular complexity index is 1000. The lowest BCUT2D eigenvalue weighted by atomic mass is 10.1. The second-order valence-corrected chi connectivity index (χ2v) is 6.52. The lowest BCUT2D eigenvalue weighted by Crippen LogP contribution is -2.26. The Morgan fingerprint density at radius 2 is 1.88 bits per heavy atom. The Morgan fingerprint density at radius 1 is 1.16 bits per heavy atom. The van der Waals surface area contributed by atoms with Crippen molar-refractivity contribution in [1.29, 1.82) is 0 Å². The van der Waals surface area contributed by atoms with Crippen molar-refractivity contribution in [3.63, 3.8) is 0 Å². The smallest absolute Gasteiger partial charge is 0.272 e. The van der Waals surface area contributed by atoms with E-state index in [2.05, 4.69) is 10.3 Å². The predicted octanol–water partition coefficient (Wildman–Crippen LogP) is 2.65. The summed E-state index contributed by atoms with van der Waals surface area (Å²) in [5.41, 5.74) is 3.64. The highest BCUT2D eigenvalue weighted by atomic mass is 16.1. The molecule has 4 rings (SSSR count). The van der Waals surface area contributed by atoms with Gasteiger partial charge in [0.05, 0.1) is 17.6 Å². The summed E-state index contributed by atoms with van der Waals surface area (Å²) in [4.78, 5) is 29.0. The standard InChI is InChI=1S/C20H19N3O2/c1-13-20(25)23(18-5-3-2-4-17(18)21-13)12-14-6-8-15(9-7-14)19(24)22-16-10-11-16/h2-9,16H,10-12H2,1H3,(H,22,24). The summed E-state index contributed by atoms with van der Waals surface area (Å²) >= 11 is 0. The van der Waals surface area contributed by atoms with E-state index in [4.69, 9.17) is 0 Å². The maximum absolute atomic E-state index is 12.5. The average molecular weight is 333 g/mol. The van der Waals surface area contributed by atoms with Crippen molar-refractivity contribution in [2.75, 3.05) is 0 Å². The first-order valence-electron chi connectivity index (χ1n) is 8.48. The molecular weight excluding hydrogens is 314 g/mol. The van der Waals surface area contributed by atoms with Crippen LogP contribution in [0.2, 0.25) is 0 Å². The number of fused-ring (bicyclic) bond motifs is 1. The number of hydrogen-bond donors (Lipinski definition) is 1. The van der Waals surface area contributed by atoms with Crippen LogP contribution in [0.25, 0.3) is 11.0 Å². The number of carbonyl (C=O) groups is 1. The number of para-hydroxylation sites is 2. The van der Waals surface area contributed by atoms with Gasteiger partial charge >= 0.3 is 0 Å². The monoisotopic (exact) mass is 333 g/mol. The Balaban J connectivity index is 1.64. The summed E-state index contributed by atoms with van der Waals surface area (Å²) in [5.74, 6) is -0.0311. The zero-order valence-electron chi connectivity index (χ0n) is 14.0. The number of carbonyl (C=O) groups excluding carboxylic acids is 1. The summed E-state index contributed by atoms with van der Waals surface area (Å²) in [6, 6.07) is 15.4. The molecule has 1 aliphatic rings. The zero-order valence-corrected chi connectivity index (χ0v) is 14.0. The molecule has 0 aliphatic heterocycles. The third-order valence-corrected chi connectivity index (χ3v) is 4.48. The van der Waals surface area contributed by atoms with Crippen LogP contribution < -0.4 is 10.9 Å². The van der Waals surface area contributed by atoms with E-state index in [0.29, 0.717) is 23.8 Å². The number of nitrogens with zero attached hydrogens (tertiary/aromatic N) is 2. The summed E-state index contributed by atoms with van der Waals surface area (Å²) in [7, 11) is 0. The van der Waals surface area contributed by atoms with Crippen LogP contribution in [-0.2, 0) is 6.54 Å². The zero-order chi connectivity index (χ0) is 17.4. The number of rotatable bonds is 4. The first-order valence-corrected chi connectivity index (χ1v) is 8.48. The van der Waals surface area contributed by atoms with E-state index < -0.39 is 0 Å². The van der Waals surface area contributed by atoms with Gasteiger partial charge in [-0.15, -0.1) is 0 Å². The van der Waals surface area contributed by atoms with Gasteiger partial charge in [-0.05, 0) is 49.6 Å². The minimum absolute atomic E-state index is 0.0311. The van der Waals surface area contributed by atoms with Gasteiger partial charge in [-0.25, -0.2) is 4.98 Å². The van der Waals surface area contributed by atoms with E-state index in [-0.39, 0.29) is 11.5 Å². The van der Waals surface area contributed by atoms with E-state index in [0.717, 1.165) is 29.4 Å². The van der Waals surface area contributed by atoms with E-state index in [1.54, 1.807) is 11.5 Å². The molecule has 126 valence electrons. The third kappa shape index (κ3) is 3.18. The van der Waals surface area contributed by atoms with Crippen LogP contribution in [0.5, 0.6) is 0 Å². The van der Waals surface area contributed by atoms with Crippen LogP contribution in [0.3, 0.4) is 0 Å². The molecule has 0 bridgehead atoms. The summed E-state index contributed by atoms with van der Waals surface area (Å²) < 4.78 is 1.73. The van der Waals surface area contributed by atoms with Gasteiger partial charge in [-0.1, -0.05) is 24.3 Å². The lowest BCUT2D eigenvalue weighted by Gasteiger charge is -2.11. The Morgan fingerprint density at radius 3 is 2.60 bits per heavy atom. The molecule has 0 spiro atoms. The van der Waals surface area contributed by atoms with Gasteiger partial charge in [0.2, 0.25) is 0 Å².